The Morgan fingerprint density at radius 1 is 1.20 bits per heavy atom. The molecule has 1 aromatic carbocycles. The first kappa shape index (κ1) is 15.3. The van der Waals surface area contributed by atoms with Crippen molar-refractivity contribution >= 4 is 27.5 Å². The second-order valence-corrected chi connectivity index (χ2v) is 5.39. The number of benzene rings is 1. The second-order valence-electron chi connectivity index (χ2n) is 4.06. The van der Waals surface area contributed by atoms with Gasteiger partial charge in [0.15, 0.2) is 11.5 Å². The predicted molar refractivity (Wildman–Crippen MR) is 83.3 cm³/mol. The predicted octanol–water partition coefficient (Wildman–Crippen LogP) is 5.21. The molecule has 0 aliphatic heterocycles. The highest BCUT2D eigenvalue weighted by Gasteiger charge is 2.20. The SMILES string of the molecule is CCOc1cc(Cl)c(C(Br)c2ccco2)cc1OCC. The van der Waals surface area contributed by atoms with E-state index in [1.165, 1.54) is 0 Å². The molecule has 0 saturated heterocycles. The number of rotatable bonds is 6. The number of hydrogen-bond acceptors (Lipinski definition) is 3. The van der Waals surface area contributed by atoms with Gasteiger partial charge in [0.25, 0.3) is 0 Å². The van der Waals surface area contributed by atoms with Gasteiger partial charge >= 0.3 is 0 Å². The van der Waals surface area contributed by atoms with Crippen LogP contribution in [-0.2, 0) is 0 Å². The molecule has 5 heteroatoms. The molecule has 3 nitrogen and oxygen atoms in total. The lowest BCUT2D eigenvalue weighted by Crippen LogP contribution is -2.01. The van der Waals surface area contributed by atoms with Gasteiger partial charge in [0.2, 0.25) is 0 Å². The van der Waals surface area contributed by atoms with E-state index in [1.54, 1.807) is 12.3 Å². The summed E-state index contributed by atoms with van der Waals surface area (Å²) in [7, 11) is 0. The Kier molecular flexibility index (Phi) is 5.38. The van der Waals surface area contributed by atoms with E-state index in [1.807, 2.05) is 32.0 Å². The average Bonchev–Trinajstić information content (AvgIpc) is 2.95. The van der Waals surface area contributed by atoms with E-state index in [9.17, 15) is 0 Å². The van der Waals surface area contributed by atoms with Crippen molar-refractivity contribution in [3.05, 3.63) is 46.9 Å². The molecule has 0 fully saturated rings. The van der Waals surface area contributed by atoms with Crippen LogP contribution in [-0.4, -0.2) is 13.2 Å². The molecule has 1 aromatic heterocycles. The van der Waals surface area contributed by atoms with Crippen molar-refractivity contribution in [3.63, 3.8) is 0 Å². The summed E-state index contributed by atoms with van der Waals surface area (Å²) in [5.41, 5.74) is 0.883. The summed E-state index contributed by atoms with van der Waals surface area (Å²) in [6.07, 6.45) is 1.63. The van der Waals surface area contributed by atoms with E-state index in [0.717, 1.165) is 11.3 Å². The Hall–Kier alpha value is -1.13. The molecule has 0 aliphatic rings. The third kappa shape index (κ3) is 3.30. The Labute approximate surface area is 132 Å². The Bertz CT molecular complexity index is 554. The van der Waals surface area contributed by atoms with Gasteiger partial charge in [-0.15, -0.1) is 0 Å². The van der Waals surface area contributed by atoms with Crippen LogP contribution in [0, 0.1) is 0 Å². The molecule has 1 unspecified atom stereocenters. The zero-order valence-corrected chi connectivity index (χ0v) is 13.7. The molecule has 0 aliphatic carbocycles. The number of furan rings is 1. The van der Waals surface area contributed by atoms with Crippen LogP contribution < -0.4 is 9.47 Å². The van der Waals surface area contributed by atoms with E-state index in [4.69, 9.17) is 25.5 Å². The highest BCUT2D eigenvalue weighted by molar-refractivity contribution is 9.09. The lowest BCUT2D eigenvalue weighted by Gasteiger charge is -2.16. The van der Waals surface area contributed by atoms with Gasteiger partial charge in [0.05, 0.1) is 24.3 Å². The van der Waals surface area contributed by atoms with Crippen LogP contribution in [0.1, 0.15) is 30.0 Å². The van der Waals surface area contributed by atoms with Gasteiger partial charge in [-0.2, -0.15) is 0 Å². The molecule has 108 valence electrons. The van der Waals surface area contributed by atoms with Crippen molar-refractivity contribution in [2.75, 3.05) is 13.2 Å². The molecule has 0 amide bonds. The van der Waals surface area contributed by atoms with E-state index in [0.29, 0.717) is 29.7 Å². The molecular formula is C15H16BrClO3. The number of ether oxygens (including phenoxy) is 2. The topological polar surface area (TPSA) is 31.6 Å². The van der Waals surface area contributed by atoms with Gasteiger partial charge in [-0.1, -0.05) is 27.5 Å². The van der Waals surface area contributed by atoms with Gasteiger partial charge in [0, 0.05) is 11.1 Å². The van der Waals surface area contributed by atoms with Crippen molar-refractivity contribution in [1.29, 1.82) is 0 Å². The minimum absolute atomic E-state index is 0.125. The third-order valence-corrected chi connectivity index (χ3v) is 4.00. The Morgan fingerprint density at radius 2 is 1.85 bits per heavy atom. The fraction of sp³-hybridized carbons (Fsp3) is 0.333. The molecular weight excluding hydrogens is 344 g/mol. The molecule has 2 rings (SSSR count). The third-order valence-electron chi connectivity index (χ3n) is 2.73. The van der Waals surface area contributed by atoms with Crippen molar-refractivity contribution in [2.45, 2.75) is 18.7 Å². The van der Waals surface area contributed by atoms with Gasteiger partial charge in [0.1, 0.15) is 5.76 Å². The quantitative estimate of drug-likeness (QED) is 0.663. The summed E-state index contributed by atoms with van der Waals surface area (Å²) < 4.78 is 16.6. The minimum Gasteiger partial charge on any atom is -0.490 e. The molecule has 1 heterocycles. The zero-order valence-electron chi connectivity index (χ0n) is 11.4. The van der Waals surface area contributed by atoms with E-state index >= 15 is 0 Å². The molecule has 0 radical (unpaired) electrons. The first-order valence-corrected chi connectivity index (χ1v) is 7.73. The fourth-order valence-electron chi connectivity index (χ4n) is 1.87. The number of hydrogen-bond donors (Lipinski definition) is 0. The Morgan fingerprint density at radius 3 is 2.40 bits per heavy atom. The van der Waals surface area contributed by atoms with Crippen molar-refractivity contribution < 1.29 is 13.9 Å². The van der Waals surface area contributed by atoms with Gasteiger partial charge in [-0.05, 0) is 37.6 Å². The largest absolute Gasteiger partial charge is 0.490 e. The highest BCUT2D eigenvalue weighted by Crippen LogP contribution is 2.41. The van der Waals surface area contributed by atoms with Crippen LogP contribution in [0.15, 0.2) is 34.9 Å². The van der Waals surface area contributed by atoms with Crippen LogP contribution in [0.5, 0.6) is 11.5 Å². The highest BCUT2D eigenvalue weighted by atomic mass is 79.9. The van der Waals surface area contributed by atoms with Gasteiger partial charge in [-0.3, -0.25) is 0 Å². The summed E-state index contributed by atoms with van der Waals surface area (Å²) in [5.74, 6) is 2.13. The first-order chi connectivity index (χ1) is 9.67. The minimum atomic E-state index is -0.125. The maximum absolute atomic E-state index is 6.34. The monoisotopic (exact) mass is 358 g/mol. The molecule has 0 saturated carbocycles. The summed E-state index contributed by atoms with van der Waals surface area (Å²) in [6, 6.07) is 7.41. The van der Waals surface area contributed by atoms with Crippen LogP contribution in [0.3, 0.4) is 0 Å². The second kappa shape index (κ2) is 7.04. The van der Waals surface area contributed by atoms with Crippen molar-refractivity contribution in [1.82, 2.24) is 0 Å². The molecule has 2 aromatic rings. The lowest BCUT2D eigenvalue weighted by molar-refractivity contribution is 0.287. The number of alkyl halides is 1. The van der Waals surface area contributed by atoms with Crippen LogP contribution in [0.4, 0.5) is 0 Å². The number of halogens is 2. The van der Waals surface area contributed by atoms with Crippen molar-refractivity contribution in [2.24, 2.45) is 0 Å². The van der Waals surface area contributed by atoms with Crippen LogP contribution in [0.25, 0.3) is 0 Å². The molecule has 20 heavy (non-hydrogen) atoms. The maximum Gasteiger partial charge on any atom is 0.162 e. The van der Waals surface area contributed by atoms with E-state index in [2.05, 4.69) is 15.9 Å². The molecule has 0 N–H and O–H groups in total. The molecule has 0 bridgehead atoms. The van der Waals surface area contributed by atoms with Crippen molar-refractivity contribution in [3.8, 4) is 11.5 Å². The van der Waals surface area contributed by atoms with E-state index < -0.39 is 0 Å². The zero-order chi connectivity index (χ0) is 14.5. The average molecular weight is 360 g/mol. The summed E-state index contributed by atoms with van der Waals surface area (Å²) >= 11 is 9.94. The van der Waals surface area contributed by atoms with Crippen LogP contribution >= 0.6 is 27.5 Å². The summed E-state index contributed by atoms with van der Waals surface area (Å²) in [5, 5.41) is 0.607. The summed E-state index contributed by atoms with van der Waals surface area (Å²) in [4.78, 5) is -0.125. The molecule has 0 spiro atoms. The molecule has 1 atom stereocenters. The summed E-state index contributed by atoms with van der Waals surface area (Å²) in [6.45, 7) is 4.98. The maximum atomic E-state index is 6.34. The van der Waals surface area contributed by atoms with Gasteiger partial charge < -0.3 is 13.9 Å². The lowest BCUT2D eigenvalue weighted by atomic mass is 10.1. The van der Waals surface area contributed by atoms with Gasteiger partial charge in [-0.25, -0.2) is 0 Å². The Balaban J connectivity index is 2.40. The fourth-order valence-corrected chi connectivity index (χ4v) is 2.90. The van der Waals surface area contributed by atoms with Crippen LogP contribution in [0.2, 0.25) is 5.02 Å². The normalized spacial score (nSPS) is 12.2. The van der Waals surface area contributed by atoms with E-state index in [-0.39, 0.29) is 4.83 Å². The first-order valence-electron chi connectivity index (χ1n) is 6.43. The smallest absolute Gasteiger partial charge is 0.162 e. The standard InChI is InChI=1S/C15H16BrClO3/c1-3-18-13-8-10(11(17)9-14(13)19-4-2)15(16)12-6-5-7-20-12/h5-9,15H,3-4H2,1-2H3.